The van der Waals surface area contributed by atoms with Crippen LogP contribution >= 0.6 is 11.3 Å². The van der Waals surface area contributed by atoms with E-state index in [1.54, 1.807) is 30.3 Å². The molecule has 5 nitrogen and oxygen atoms in total. The van der Waals surface area contributed by atoms with Crippen molar-refractivity contribution in [2.75, 3.05) is 13.7 Å². The molecule has 0 saturated carbocycles. The van der Waals surface area contributed by atoms with Crippen LogP contribution in [0.1, 0.15) is 52.6 Å². The maximum Gasteiger partial charge on any atom is 0.181 e. The summed E-state index contributed by atoms with van der Waals surface area (Å²) in [5.41, 5.74) is 6.00. The lowest BCUT2D eigenvalue weighted by atomic mass is 10.0. The number of hydrogen-bond acceptors (Lipinski definition) is 6. The Morgan fingerprint density at radius 3 is 2.52 bits per heavy atom. The Morgan fingerprint density at radius 2 is 1.80 bits per heavy atom. The zero-order valence-corrected chi connectivity index (χ0v) is 25.2. The summed E-state index contributed by atoms with van der Waals surface area (Å²) in [6, 6.07) is 13.5. The van der Waals surface area contributed by atoms with Crippen LogP contribution in [-0.2, 0) is 0 Å². The fourth-order valence-electron chi connectivity index (χ4n) is 4.04. The van der Waals surface area contributed by atoms with Crippen LogP contribution in [-0.4, -0.2) is 38.3 Å². The Hall–Kier alpha value is -3.80. The minimum absolute atomic E-state index is 0.00834. The molecule has 0 amide bonds. The summed E-state index contributed by atoms with van der Waals surface area (Å²) in [5, 5.41) is 2.59. The number of methoxy groups -OCH3 is 1. The zero-order chi connectivity index (χ0) is 28.9. The molecule has 40 heavy (non-hydrogen) atoms. The lowest BCUT2D eigenvalue weighted by Crippen LogP contribution is -2.16. The number of pyridine rings is 1. The van der Waals surface area contributed by atoms with Crippen LogP contribution in [0.4, 0.5) is 4.39 Å². The van der Waals surface area contributed by atoms with Crippen molar-refractivity contribution in [1.29, 1.82) is 0 Å². The molecule has 2 heterocycles. The first kappa shape index (κ1) is 29.2. The van der Waals surface area contributed by atoms with E-state index in [1.807, 2.05) is 24.4 Å². The largest absolute Gasteiger partial charge is 0.493 e. The number of thiophene rings is 1. The van der Waals surface area contributed by atoms with Crippen molar-refractivity contribution >= 4 is 41.1 Å². The Balaban J connectivity index is 1.61. The third-order valence-corrected chi connectivity index (χ3v) is 7.93. The predicted molar refractivity (Wildman–Crippen MR) is 162 cm³/mol. The first-order valence-corrected chi connectivity index (χ1v) is 17.6. The maximum atomic E-state index is 14.4. The number of ketones is 2. The topological polar surface area (TPSA) is 65.5 Å². The highest BCUT2D eigenvalue weighted by Gasteiger charge is 2.18. The van der Waals surface area contributed by atoms with Gasteiger partial charge in [0, 0.05) is 40.3 Å². The summed E-state index contributed by atoms with van der Waals surface area (Å²) in [6.45, 7) is 8.99. The van der Waals surface area contributed by atoms with Gasteiger partial charge in [-0.1, -0.05) is 44.6 Å². The van der Waals surface area contributed by atoms with Crippen molar-refractivity contribution in [3.8, 4) is 34.2 Å². The Kier molecular flexibility index (Phi) is 9.18. The molecule has 4 aromatic rings. The minimum atomic E-state index is -1.68. The summed E-state index contributed by atoms with van der Waals surface area (Å²) in [7, 11) is -0.158. The third-order valence-electron chi connectivity index (χ3n) is 6.05. The van der Waals surface area contributed by atoms with E-state index in [2.05, 4.69) is 36.1 Å². The molecule has 4 rings (SSSR count). The number of rotatable bonds is 10. The van der Waals surface area contributed by atoms with E-state index in [4.69, 9.17) is 9.47 Å². The predicted octanol–water partition coefficient (Wildman–Crippen LogP) is 7.97. The van der Waals surface area contributed by atoms with Gasteiger partial charge in [0.2, 0.25) is 0 Å². The van der Waals surface area contributed by atoms with Gasteiger partial charge >= 0.3 is 0 Å². The molecule has 0 aliphatic carbocycles. The van der Waals surface area contributed by atoms with Crippen LogP contribution in [0, 0.1) is 17.3 Å². The van der Waals surface area contributed by atoms with Gasteiger partial charge in [0.05, 0.1) is 24.1 Å². The second-order valence-corrected chi connectivity index (χ2v) is 16.1. The van der Waals surface area contributed by atoms with E-state index in [0.29, 0.717) is 39.6 Å². The molecule has 0 spiro atoms. The molecule has 0 fully saturated rings. The van der Waals surface area contributed by atoms with E-state index < -0.39 is 8.07 Å². The molecule has 0 aliphatic rings. The molecule has 2 aromatic heterocycles. The van der Waals surface area contributed by atoms with Gasteiger partial charge in [-0.2, -0.15) is 0 Å². The van der Waals surface area contributed by atoms with E-state index in [0.717, 1.165) is 17.4 Å². The van der Waals surface area contributed by atoms with Crippen molar-refractivity contribution in [3.63, 3.8) is 0 Å². The van der Waals surface area contributed by atoms with Crippen molar-refractivity contribution in [2.24, 2.45) is 0 Å². The van der Waals surface area contributed by atoms with Crippen LogP contribution in [0.5, 0.6) is 11.5 Å². The third kappa shape index (κ3) is 7.03. The molecule has 0 radical (unpaired) electrons. The van der Waals surface area contributed by atoms with E-state index >= 15 is 0 Å². The van der Waals surface area contributed by atoms with Gasteiger partial charge in [0.1, 0.15) is 19.6 Å². The monoisotopic (exact) mass is 573 g/mol. The van der Waals surface area contributed by atoms with Gasteiger partial charge in [0.15, 0.2) is 23.1 Å². The van der Waals surface area contributed by atoms with E-state index in [-0.39, 0.29) is 35.9 Å². The summed E-state index contributed by atoms with van der Waals surface area (Å²) in [6.07, 6.45) is 0.864. The number of benzene rings is 2. The molecule has 0 aliphatic heterocycles. The molecule has 0 N–H and O–H groups in total. The van der Waals surface area contributed by atoms with Gasteiger partial charge in [-0.05, 0) is 42.8 Å². The van der Waals surface area contributed by atoms with Crippen molar-refractivity contribution in [1.82, 2.24) is 4.98 Å². The van der Waals surface area contributed by atoms with Gasteiger partial charge < -0.3 is 9.47 Å². The molecule has 8 heteroatoms. The SMILES string of the molecule is CCCOc1ccc(C(=O)CCC(=O)c2cc(C#C[Si](C)(C)C)cc(-c3csc4c(F)cccc34)n2)cc1OC. The van der Waals surface area contributed by atoms with Crippen LogP contribution < -0.4 is 9.47 Å². The minimum Gasteiger partial charge on any atom is -0.493 e. The smallest absolute Gasteiger partial charge is 0.181 e. The van der Waals surface area contributed by atoms with Crippen LogP contribution in [0.2, 0.25) is 19.6 Å². The van der Waals surface area contributed by atoms with Crippen molar-refractivity contribution in [2.45, 2.75) is 45.8 Å². The highest BCUT2D eigenvalue weighted by molar-refractivity contribution is 7.17. The summed E-state index contributed by atoms with van der Waals surface area (Å²) in [4.78, 5) is 30.9. The number of hydrogen-bond donors (Lipinski definition) is 0. The lowest BCUT2D eigenvalue weighted by molar-refractivity contribution is 0.0915. The molecule has 2 aromatic carbocycles. The summed E-state index contributed by atoms with van der Waals surface area (Å²) in [5.74, 6) is 3.55. The number of Topliss-reactive ketones (excluding diaryl/α,β-unsaturated/α-hetero) is 2. The summed E-state index contributed by atoms with van der Waals surface area (Å²) >= 11 is 1.30. The van der Waals surface area contributed by atoms with E-state index in [9.17, 15) is 14.0 Å². The molecule has 0 saturated heterocycles. The zero-order valence-electron chi connectivity index (χ0n) is 23.4. The van der Waals surface area contributed by atoms with Crippen LogP contribution in [0.25, 0.3) is 21.3 Å². The van der Waals surface area contributed by atoms with Crippen LogP contribution in [0.3, 0.4) is 0 Å². The molecular formula is C32H32FNO4SSi. The molecule has 0 bridgehead atoms. The van der Waals surface area contributed by atoms with Crippen molar-refractivity contribution in [3.05, 3.63) is 76.5 Å². The fourth-order valence-corrected chi connectivity index (χ4v) is 5.52. The number of aromatic nitrogens is 1. The summed E-state index contributed by atoms with van der Waals surface area (Å²) < 4.78 is 26.0. The number of nitrogens with zero attached hydrogens (tertiary/aromatic N) is 1. The molecule has 206 valence electrons. The Morgan fingerprint density at radius 1 is 1.02 bits per heavy atom. The number of halogens is 1. The standard InChI is InChI=1S/C32H32FNO4SSi/c1-6-15-38-30-13-10-22(19-31(30)37-2)28(35)11-12-29(36)27-18-21(14-16-40(3,4)5)17-26(34-27)24-20-39-32-23(24)8-7-9-25(32)33/h7-10,13,17-20H,6,11-12,15H2,1-5H3. The fraction of sp³-hybridized carbons (Fsp3) is 0.281. The molecule has 0 unspecified atom stereocenters. The first-order chi connectivity index (χ1) is 19.1. The van der Waals surface area contributed by atoms with E-state index in [1.165, 1.54) is 24.5 Å². The van der Waals surface area contributed by atoms with Gasteiger partial charge in [0.25, 0.3) is 0 Å². The lowest BCUT2D eigenvalue weighted by Gasteiger charge is -2.11. The highest BCUT2D eigenvalue weighted by Crippen LogP contribution is 2.35. The molecule has 0 atom stereocenters. The van der Waals surface area contributed by atoms with Gasteiger partial charge in [-0.15, -0.1) is 16.9 Å². The van der Waals surface area contributed by atoms with Crippen LogP contribution in [0.15, 0.2) is 53.9 Å². The Bertz CT molecular complexity index is 1630. The van der Waals surface area contributed by atoms with Crippen molar-refractivity contribution < 1.29 is 23.5 Å². The normalized spacial score (nSPS) is 11.2. The highest BCUT2D eigenvalue weighted by atomic mass is 32.1. The maximum absolute atomic E-state index is 14.4. The van der Waals surface area contributed by atoms with Gasteiger partial charge in [-0.25, -0.2) is 9.37 Å². The quantitative estimate of drug-likeness (QED) is 0.109. The number of ether oxygens (including phenoxy) is 2. The Labute approximate surface area is 239 Å². The molecular weight excluding hydrogens is 542 g/mol. The number of carbonyl (C=O) groups is 2. The second kappa shape index (κ2) is 12.6. The first-order valence-electron chi connectivity index (χ1n) is 13.2. The number of carbonyl (C=O) groups excluding carboxylic acids is 2. The average molecular weight is 574 g/mol. The second-order valence-electron chi connectivity index (χ2n) is 10.5. The van der Waals surface area contributed by atoms with Gasteiger partial charge in [-0.3, -0.25) is 9.59 Å². The number of fused-ring (bicyclic) bond motifs is 1. The average Bonchev–Trinajstić information content (AvgIpc) is 3.38.